The van der Waals surface area contributed by atoms with Gasteiger partial charge in [-0.05, 0) is 6.07 Å². The number of quaternary nitrogens is 1. The van der Waals surface area contributed by atoms with E-state index in [0.29, 0.717) is 17.7 Å². The summed E-state index contributed by atoms with van der Waals surface area (Å²) < 4.78 is 4.35. The number of hydrogen-bond donors (Lipinski definition) is 1. The first-order valence-corrected chi connectivity index (χ1v) is 8.18. The van der Waals surface area contributed by atoms with Crippen LogP contribution in [0, 0.1) is 0 Å². The molecular weight excluding hydrogens is 356 g/mol. The van der Waals surface area contributed by atoms with E-state index in [2.05, 4.69) is 16.0 Å². The van der Waals surface area contributed by atoms with Crippen molar-refractivity contribution in [3.8, 4) is 0 Å². The fraction of sp³-hybridized carbons (Fsp3) is 0.294. The van der Waals surface area contributed by atoms with Gasteiger partial charge in [0.25, 0.3) is 5.56 Å². The molecular formula is C17H19ClN6O2. The zero-order chi connectivity index (χ0) is 17.6. The lowest BCUT2D eigenvalue weighted by atomic mass is 10.2. The highest BCUT2D eigenvalue weighted by Gasteiger charge is 2.20. The van der Waals surface area contributed by atoms with Crippen molar-refractivity contribution in [1.29, 1.82) is 0 Å². The summed E-state index contributed by atoms with van der Waals surface area (Å²) in [5, 5.41) is 0. The van der Waals surface area contributed by atoms with Gasteiger partial charge in [0.2, 0.25) is 0 Å². The number of imidazole rings is 1. The normalized spacial score (nSPS) is 15.2. The number of aryl methyl sites for hydroxylation is 2. The number of aromatic nitrogens is 4. The van der Waals surface area contributed by atoms with Crippen LogP contribution >= 0.6 is 0 Å². The third-order valence-electron chi connectivity index (χ3n) is 4.67. The van der Waals surface area contributed by atoms with E-state index >= 15 is 0 Å². The van der Waals surface area contributed by atoms with Crippen molar-refractivity contribution >= 4 is 28.9 Å². The van der Waals surface area contributed by atoms with Gasteiger partial charge >= 0.3 is 5.69 Å². The second-order valence-corrected chi connectivity index (χ2v) is 6.22. The van der Waals surface area contributed by atoms with Crippen molar-refractivity contribution < 1.29 is 17.3 Å². The minimum absolute atomic E-state index is 0. The number of halogens is 1. The molecule has 1 aliphatic rings. The van der Waals surface area contributed by atoms with Crippen molar-refractivity contribution in [2.45, 2.75) is 13.0 Å². The predicted molar refractivity (Wildman–Crippen MR) is 94.9 cm³/mol. The molecule has 0 amide bonds. The van der Waals surface area contributed by atoms with Crippen molar-refractivity contribution in [2.75, 3.05) is 6.54 Å². The van der Waals surface area contributed by atoms with Crippen LogP contribution in [-0.4, -0.2) is 31.6 Å². The number of hydrogen-bond acceptors (Lipinski definition) is 4. The monoisotopic (exact) mass is 374 g/mol. The second-order valence-electron chi connectivity index (χ2n) is 6.22. The molecule has 1 atom stereocenters. The van der Waals surface area contributed by atoms with Gasteiger partial charge in [0, 0.05) is 33.1 Å². The summed E-state index contributed by atoms with van der Waals surface area (Å²) >= 11 is 0. The first-order chi connectivity index (χ1) is 12.1. The van der Waals surface area contributed by atoms with E-state index in [9.17, 15) is 9.59 Å². The van der Waals surface area contributed by atoms with E-state index in [1.54, 1.807) is 13.4 Å². The standard InChI is InChI=1S/C17H18N6O2.ClH/c1-20-15-14(16(24)21(2)17(20)25)23(11-19-15)9-5-8-22-10-18-12-6-3-4-7-13(12)22;/h3-4,6-7,10-11H,5,8-9H2,1-2H3;1H. The fourth-order valence-corrected chi connectivity index (χ4v) is 3.28. The Morgan fingerprint density at radius 1 is 1.12 bits per heavy atom. The Labute approximate surface area is 155 Å². The van der Waals surface area contributed by atoms with Gasteiger partial charge in [-0.2, -0.15) is 4.99 Å². The SMILES string of the molecule is Cn1c(=O)c2c(ncn2CCC[NH+]2C=Nc3ccccc32)n(C)c1=O.[Cl-]. The molecule has 9 heteroatoms. The van der Waals surface area contributed by atoms with E-state index in [1.807, 2.05) is 29.1 Å². The Hall–Kier alpha value is -2.71. The summed E-state index contributed by atoms with van der Waals surface area (Å²) in [6, 6.07) is 8.08. The molecule has 2 aromatic heterocycles. The molecule has 1 unspecified atom stereocenters. The number of fused-ring (bicyclic) bond motifs is 2. The molecule has 1 N–H and O–H groups in total. The molecule has 1 aromatic carbocycles. The molecule has 136 valence electrons. The summed E-state index contributed by atoms with van der Waals surface area (Å²) in [6.45, 7) is 1.52. The van der Waals surface area contributed by atoms with Crippen LogP contribution in [-0.2, 0) is 20.6 Å². The van der Waals surface area contributed by atoms with Crippen molar-refractivity contribution in [3.63, 3.8) is 0 Å². The van der Waals surface area contributed by atoms with E-state index < -0.39 is 0 Å². The molecule has 0 radical (unpaired) electrons. The predicted octanol–water partition coefficient (Wildman–Crippen LogP) is -3.28. The number of rotatable bonds is 4. The summed E-state index contributed by atoms with van der Waals surface area (Å²) in [7, 11) is 3.12. The highest BCUT2D eigenvalue weighted by atomic mass is 35.5. The number of para-hydroxylation sites is 2. The lowest BCUT2D eigenvalue weighted by molar-refractivity contribution is -0.720. The van der Waals surface area contributed by atoms with Crippen LogP contribution in [0.3, 0.4) is 0 Å². The zero-order valence-corrected chi connectivity index (χ0v) is 15.3. The maximum Gasteiger partial charge on any atom is 0.332 e. The first-order valence-electron chi connectivity index (χ1n) is 8.18. The molecule has 3 heterocycles. The lowest BCUT2D eigenvalue weighted by Gasteiger charge is -2.10. The van der Waals surface area contributed by atoms with Crippen LogP contribution < -0.4 is 28.6 Å². The summed E-state index contributed by atoms with van der Waals surface area (Å²) in [4.78, 5) is 34.3. The maximum atomic E-state index is 12.4. The van der Waals surface area contributed by atoms with Gasteiger partial charge in [0.1, 0.15) is 5.69 Å². The molecule has 0 spiro atoms. The Kier molecular flexibility index (Phi) is 4.80. The largest absolute Gasteiger partial charge is 1.00 e. The van der Waals surface area contributed by atoms with Crippen molar-refractivity contribution in [1.82, 2.24) is 18.7 Å². The average molecular weight is 375 g/mol. The molecule has 0 bridgehead atoms. The highest BCUT2D eigenvalue weighted by Crippen LogP contribution is 2.22. The molecule has 0 aliphatic carbocycles. The van der Waals surface area contributed by atoms with Gasteiger partial charge < -0.3 is 17.0 Å². The van der Waals surface area contributed by atoms with Crippen LogP contribution in [0.5, 0.6) is 0 Å². The third kappa shape index (κ3) is 2.77. The minimum Gasteiger partial charge on any atom is -1.00 e. The van der Waals surface area contributed by atoms with Crippen LogP contribution in [0.15, 0.2) is 45.2 Å². The molecule has 1 aliphatic heterocycles. The Bertz CT molecular complexity index is 1110. The van der Waals surface area contributed by atoms with E-state index in [4.69, 9.17) is 0 Å². The Morgan fingerprint density at radius 3 is 2.69 bits per heavy atom. The Balaban J connectivity index is 0.00000196. The fourth-order valence-electron chi connectivity index (χ4n) is 3.28. The van der Waals surface area contributed by atoms with Gasteiger partial charge in [0.05, 0.1) is 12.9 Å². The summed E-state index contributed by atoms with van der Waals surface area (Å²) in [6.07, 6.45) is 4.40. The van der Waals surface area contributed by atoms with E-state index in [-0.39, 0.29) is 23.7 Å². The topological polar surface area (TPSA) is 78.6 Å². The third-order valence-corrected chi connectivity index (χ3v) is 4.67. The van der Waals surface area contributed by atoms with Crippen molar-refractivity contribution in [3.05, 3.63) is 51.4 Å². The van der Waals surface area contributed by atoms with Gasteiger partial charge in [-0.3, -0.25) is 18.8 Å². The number of nitrogens with one attached hydrogen (secondary N) is 1. The lowest BCUT2D eigenvalue weighted by Crippen LogP contribution is -3.05. The minimum atomic E-state index is -0.364. The quantitative estimate of drug-likeness (QED) is 0.520. The molecule has 0 saturated carbocycles. The molecule has 8 nitrogen and oxygen atoms in total. The van der Waals surface area contributed by atoms with Gasteiger partial charge in [-0.15, -0.1) is 0 Å². The molecule has 0 saturated heterocycles. The summed E-state index contributed by atoms with van der Waals surface area (Å²) in [5.74, 6) is 0. The van der Waals surface area contributed by atoms with E-state index in [1.165, 1.54) is 22.2 Å². The number of nitrogens with zero attached hydrogens (tertiary/aromatic N) is 5. The van der Waals surface area contributed by atoms with Gasteiger partial charge in [-0.25, -0.2) is 9.78 Å². The molecule has 3 aromatic rings. The van der Waals surface area contributed by atoms with E-state index in [0.717, 1.165) is 23.2 Å². The van der Waals surface area contributed by atoms with Crippen LogP contribution in [0.2, 0.25) is 0 Å². The zero-order valence-electron chi connectivity index (χ0n) is 14.5. The maximum absolute atomic E-state index is 12.4. The van der Waals surface area contributed by atoms with Crippen molar-refractivity contribution in [2.24, 2.45) is 19.1 Å². The highest BCUT2D eigenvalue weighted by molar-refractivity contribution is 5.71. The van der Waals surface area contributed by atoms with Crippen LogP contribution in [0.25, 0.3) is 11.2 Å². The second kappa shape index (κ2) is 6.89. The first kappa shape index (κ1) is 18.1. The van der Waals surface area contributed by atoms with Crippen LogP contribution in [0.1, 0.15) is 6.42 Å². The summed E-state index contributed by atoms with van der Waals surface area (Å²) in [5.41, 5.74) is 2.41. The molecule has 4 rings (SSSR count). The van der Waals surface area contributed by atoms with Gasteiger partial charge in [0.15, 0.2) is 23.2 Å². The van der Waals surface area contributed by atoms with Gasteiger partial charge in [-0.1, -0.05) is 12.1 Å². The Morgan fingerprint density at radius 2 is 1.88 bits per heavy atom. The number of benzene rings is 1. The smallest absolute Gasteiger partial charge is 0.332 e. The van der Waals surface area contributed by atoms with Crippen LogP contribution in [0.4, 0.5) is 11.4 Å². The number of aliphatic imine (C=N–C) groups is 1. The molecule has 0 fully saturated rings. The molecule has 26 heavy (non-hydrogen) atoms. The average Bonchev–Trinajstić information content (AvgIpc) is 3.23.